The zero-order valence-electron chi connectivity index (χ0n) is 8.46. The Labute approximate surface area is 81.9 Å². The molecule has 0 amide bonds. The van der Waals surface area contributed by atoms with Gasteiger partial charge in [0.15, 0.2) is 5.78 Å². The molecule has 0 saturated heterocycles. The first-order valence-electron chi connectivity index (χ1n) is 4.37. The number of ether oxygens (including phenoxy) is 1. The van der Waals surface area contributed by atoms with Crippen LogP contribution >= 0.6 is 0 Å². The van der Waals surface area contributed by atoms with Crippen molar-refractivity contribution >= 4 is 5.78 Å². The summed E-state index contributed by atoms with van der Waals surface area (Å²) >= 11 is 0. The molecule has 0 spiro atoms. The van der Waals surface area contributed by atoms with Crippen LogP contribution in [0, 0.1) is 5.92 Å². The molecule has 1 aromatic rings. The van der Waals surface area contributed by atoms with E-state index in [-0.39, 0.29) is 23.1 Å². The van der Waals surface area contributed by atoms with Crippen LogP contribution < -0.4 is 10.3 Å². The van der Waals surface area contributed by atoms with Gasteiger partial charge < -0.3 is 4.74 Å². The van der Waals surface area contributed by atoms with E-state index in [4.69, 9.17) is 4.74 Å². The minimum absolute atomic E-state index is 0.0434. The van der Waals surface area contributed by atoms with Crippen molar-refractivity contribution in [2.75, 3.05) is 7.11 Å². The summed E-state index contributed by atoms with van der Waals surface area (Å²) in [6.07, 6.45) is 0. The van der Waals surface area contributed by atoms with Gasteiger partial charge in [-0.2, -0.15) is 0 Å². The normalized spacial score (nSPS) is 10.3. The summed E-state index contributed by atoms with van der Waals surface area (Å²) in [5.74, 6) is 0.0732. The highest BCUT2D eigenvalue weighted by molar-refractivity contribution is 5.99. The molecule has 0 saturated carbocycles. The molecule has 1 heterocycles. The lowest BCUT2D eigenvalue weighted by Gasteiger charge is -2.08. The second-order valence-electron chi connectivity index (χ2n) is 3.29. The fraction of sp³-hybridized carbons (Fsp3) is 0.400. The molecule has 0 bridgehead atoms. The SMILES string of the molecule is COc1[nH]c(=O)ccc1C(=O)C(C)C. The van der Waals surface area contributed by atoms with E-state index in [9.17, 15) is 9.59 Å². The molecule has 1 N–H and O–H groups in total. The molecule has 0 aliphatic carbocycles. The van der Waals surface area contributed by atoms with Gasteiger partial charge in [-0.3, -0.25) is 14.6 Å². The van der Waals surface area contributed by atoms with Gasteiger partial charge in [-0.15, -0.1) is 0 Å². The Balaban J connectivity index is 3.21. The van der Waals surface area contributed by atoms with E-state index >= 15 is 0 Å². The van der Waals surface area contributed by atoms with Gasteiger partial charge in [0.05, 0.1) is 12.7 Å². The molecule has 0 fully saturated rings. The number of H-pyrrole nitrogens is 1. The molecule has 0 unspecified atom stereocenters. The number of hydrogen-bond acceptors (Lipinski definition) is 3. The van der Waals surface area contributed by atoms with Crippen molar-refractivity contribution in [3.8, 4) is 5.88 Å². The molecule has 0 atom stereocenters. The number of pyridine rings is 1. The highest BCUT2D eigenvalue weighted by Gasteiger charge is 2.15. The van der Waals surface area contributed by atoms with Gasteiger partial charge in [-0.05, 0) is 6.07 Å². The van der Waals surface area contributed by atoms with E-state index < -0.39 is 0 Å². The van der Waals surface area contributed by atoms with Crippen molar-refractivity contribution in [2.24, 2.45) is 5.92 Å². The molecule has 1 rings (SSSR count). The maximum absolute atomic E-state index is 11.6. The van der Waals surface area contributed by atoms with Crippen LogP contribution in [0.4, 0.5) is 0 Å². The minimum atomic E-state index is -0.276. The Morgan fingerprint density at radius 1 is 1.43 bits per heavy atom. The number of Topliss-reactive ketones (excluding diaryl/α,β-unsaturated/α-hetero) is 1. The molecule has 0 aliphatic heterocycles. The van der Waals surface area contributed by atoms with E-state index in [0.29, 0.717) is 5.56 Å². The average Bonchev–Trinajstić information content (AvgIpc) is 2.16. The highest BCUT2D eigenvalue weighted by atomic mass is 16.5. The number of nitrogens with one attached hydrogen (secondary N) is 1. The van der Waals surface area contributed by atoms with Crippen LogP contribution in [0.2, 0.25) is 0 Å². The number of aromatic amines is 1. The summed E-state index contributed by atoms with van der Waals surface area (Å²) in [5.41, 5.74) is 0.143. The maximum Gasteiger partial charge on any atom is 0.250 e. The zero-order chi connectivity index (χ0) is 10.7. The Kier molecular flexibility index (Phi) is 3.06. The van der Waals surface area contributed by atoms with E-state index in [1.54, 1.807) is 13.8 Å². The summed E-state index contributed by atoms with van der Waals surface area (Å²) in [5, 5.41) is 0. The van der Waals surface area contributed by atoms with E-state index in [1.165, 1.54) is 19.2 Å². The van der Waals surface area contributed by atoms with Gasteiger partial charge in [-0.25, -0.2) is 0 Å². The van der Waals surface area contributed by atoms with Crippen molar-refractivity contribution < 1.29 is 9.53 Å². The number of aromatic nitrogens is 1. The number of rotatable bonds is 3. The monoisotopic (exact) mass is 195 g/mol. The molecule has 0 aromatic carbocycles. The van der Waals surface area contributed by atoms with E-state index in [0.717, 1.165) is 0 Å². The predicted octanol–water partition coefficient (Wildman–Crippen LogP) is 1.22. The molecular weight excluding hydrogens is 182 g/mol. The summed E-state index contributed by atoms with van der Waals surface area (Å²) in [4.78, 5) is 25.0. The topological polar surface area (TPSA) is 59.2 Å². The molecule has 4 nitrogen and oxygen atoms in total. The number of hydrogen-bond donors (Lipinski definition) is 1. The van der Waals surface area contributed by atoms with Crippen molar-refractivity contribution in [2.45, 2.75) is 13.8 Å². The minimum Gasteiger partial charge on any atom is -0.482 e. The second kappa shape index (κ2) is 4.09. The van der Waals surface area contributed by atoms with Gasteiger partial charge >= 0.3 is 0 Å². The first kappa shape index (κ1) is 10.5. The van der Waals surface area contributed by atoms with Gasteiger partial charge in [0, 0.05) is 12.0 Å². The van der Waals surface area contributed by atoms with Crippen LogP contribution in [0.1, 0.15) is 24.2 Å². The Morgan fingerprint density at radius 2 is 2.07 bits per heavy atom. The lowest BCUT2D eigenvalue weighted by molar-refractivity contribution is 0.0935. The lowest BCUT2D eigenvalue weighted by Crippen LogP contribution is -2.14. The Hall–Kier alpha value is -1.58. The molecule has 76 valence electrons. The third-order valence-electron chi connectivity index (χ3n) is 1.88. The van der Waals surface area contributed by atoms with Gasteiger partial charge in [0.1, 0.15) is 0 Å². The van der Waals surface area contributed by atoms with Crippen LogP contribution in [0.25, 0.3) is 0 Å². The number of carbonyl (C=O) groups excluding carboxylic acids is 1. The Morgan fingerprint density at radius 3 is 2.57 bits per heavy atom. The van der Waals surface area contributed by atoms with Gasteiger partial charge in [0.2, 0.25) is 5.88 Å². The second-order valence-corrected chi connectivity index (χ2v) is 3.29. The summed E-state index contributed by atoms with van der Waals surface area (Å²) < 4.78 is 4.92. The number of carbonyl (C=O) groups is 1. The first-order valence-corrected chi connectivity index (χ1v) is 4.37. The van der Waals surface area contributed by atoms with Crippen molar-refractivity contribution in [1.82, 2.24) is 4.98 Å². The smallest absolute Gasteiger partial charge is 0.250 e. The average molecular weight is 195 g/mol. The zero-order valence-corrected chi connectivity index (χ0v) is 8.46. The van der Waals surface area contributed by atoms with Crippen LogP contribution in [-0.4, -0.2) is 17.9 Å². The van der Waals surface area contributed by atoms with Crippen LogP contribution in [0.3, 0.4) is 0 Å². The van der Waals surface area contributed by atoms with Crippen LogP contribution in [0.15, 0.2) is 16.9 Å². The van der Waals surface area contributed by atoms with Crippen LogP contribution in [0.5, 0.6) is 5.88 Å². The fourth-order valence-corrected chi connectivity index (χ4v) is 1.12. The van der Waals surface area contributed by atoms with Crippen molar-refractivity contribution in [1.29, 1.82) is 0 Å². The molecule has 0 radical (unpaired) electrons. The third-order valence-corrected chi connectivity index (χ3v) is 1.88. The summed E-state index contributed by atoms with van der Waals surface area (Å²) in [6.45, 7) is 3.60. The third kappa shape index (κ3) is 2.02. The highest BCUT2D eigenvalue weighted by Crippen LogP contribution is 2.16. The molecule has 4 heteroatoms. The lowest BCUT2D eigenvalue weighted by atomic mass is 10.0. The molecule has 14 heavy (non-hydrogen) atoms. The maximum atomic E-state index is 11.6. The largest absolute Gasteiger partial charge is 0.482 e. The van der Waals surface area contributed by atoms with Gasteiger partial charge in [0.25, 0.3) is 5.56 Å². The van der Waals surface area contributed by atoms with E-state index in [2.05, 4.69) is 4.98 Å². The van der Waals surface area contributed by atoms with Gasteiger partial charge in [-0.1, -0.05) is 13.8 Å². The fourth-order valence-electron chi connectivity index (χ4n) is 1.12. The molecule has 0 aliphatic rings. The predicted molar refractivity (Wildman–Crippen MR) is 52.8 cm³/mol. The summed E-state index contributed by atoms with van der Waals surface area (Å²) in [6, 6.07) is 2.80. The molecule has 1 aromatic heterocycles. The van der Waals surface area contributed by atoms with Crippen molar-refractivity contribution in [3.05, 3.63) is 28.0 Å². The van der Waals surface area contributed by atoms with Crippen molar-refractivity contribution in [3.63, 3.8) is 0 Å². The first-order chi connectivity index (χ1) is 6.56. The Bertz CT molecular complexity index is 393. The quantitative estimate of drug-likeness (QED) is 0.738. The standard InChI is InChI=1S/C10H13NO3/c1-6(2)9(13)7-4-5-8(12)11-10(7)14-3/h4-6H,1-3H3,(H,11,12). The van der Waals surface area contributed by atoms with E-state index in [1.807, 2.05) is 0 Å². The van der Waals surface area contributed by atoms with Crippen LogP contribution in [-0.2, 0) is 0 Å². The number of methoxy groups -OCH3 is 1. The summed E-state index contributed by atoms with van der Waals surface area (Å²) in [7, 11) is 1.42. The number of ketones is 1. The molecular formula is C10H13NO3.